The highest BCUT2D eigenvalue weighted by Gasteiger charge is 2.16. The molecule has 0 saturated heterocycles. The van der Waals surface area contributed by atoms with Crippen molar-refractivity contribution in [2.45, 2.75) is 31.4 Å². The minimum atomic E-state index is -0.973. The van der Waals surface area contributed by atoms with Crippen molar-refractivity contribution in [3.8, 4) is 17.6 Å². The second-order valence-corrected chi connectivity index (χ2v) is 7.71. The average Bonchev–Trinajstić information content (AvgIpc) is 2.87. The van der Waals surface area contributed by atoms with Gasteiger partial charge in [-0.05, 0) is 47.4 Å². The molecule has 3 rings (SSSR count). The SMILES string of the molecule is CO[C@@H](Cc1ccc(C#CCCCOc2ccc(C(N=O)c3ccccc3)cc2)cc1)C(=O)O. The maximum Gasteiger partial charge on any atom is 0.333 e. The molecule has 1 N–H and O–H groups in total. The number of benzene rings is 3. The molecular weight excluding hydrogens is 430 g/mol. The number of unbranched alkanes of at least 4 members (excludes halogenated alkanes) is 1. The van der Waals surface area contributed by atoms with E-state index in [0.29, 0.717) is 19.4 Å². The molecule has 3 aromatic carbocycles. The van der Waals surface area contributed by atoms with Gasteiger partial charge in [0.25, 0.3) is 0 Å². The maximum atomic E-state index is 11.3. The standard InChI is InChI=1S/C28H27NO5/c1-33-26(28(30)31)20-22-13-11-21(12-14-22)8-4-3-7-19-34-25-17-15-24(16-18-25)27(29-32)23-9-5-2-6-10-23/h2,5-6,9-18,26-27H,3,7,19-20H2,1H3,(H,30,31)/t26-,27?/m0/s1. The summed E-state index contributed by atoms with van der Waals surface area (Å²) in [5.74, 6) is 6.00. The Morgan fingerprint density at radius 3 is 2.26 bits per heavy atom. The van der Waals surface area contributed by atoms with E-state index in [9.17, 15) is 9.70 Å². The van der Waals surface area contributed by atoms with Crippen LogP contribution in [-0.4, -0.2) is 30.9 Å². The second-order valence-electron chi connectivity index (χ2n) is 7.71. The van der Waals surface area contributed by atoms with Crippen LogP contribution in [0.2, 0.25) is 0 Å². The normalized spacial score (nSPS) is 12.1. The summed E-state index contributed by atoms with van der Waals surface area (Å²) in [7, 11) is 1.39. The van der Waals surface area contributed by atoms with Crippen LogP contribution in [-0.2, 0) is 16.0 Å². The Morgan fingerprint density at radius 2 is 1.65 bits per heavy atom. The van der Waals surface area contributed by atoms with Gasteiger partial charge in [-0.1, -0.05) is 71.6 Å². The van der Waals surface area contributed by atoms with Gasteiger partial charge in [0.1, 0.15) is 11.8 Å². The molecule has 0 bridgehead atoms. The molecule has 0 amide bonds. The van der Waals surface area contributed by atoms with E-state index in [4.69, 9.17) is 14.6 Å². The highest BCUT2D eigenvalue weighted by molar-refractivity contribution is 5.72. The molecule has 0 spiro atoms. The van der Waals surface area contributed by atoms with Crippen molar-refractivity contribution in [3.05, 3.63) is 106 Å². The van der Waals surface area contributed by atoms with Gasteiger partial charge in [-0.2, -0.15) is 0 Å². The van der Waals surface area contributed by atoms with Crippen LogP contribution in [0, 0.1) is 16.7 Å². The first-order valence-corrected chi connectivity index (χ1v) is 11.0. The smallest absolute Gasteiger partial charge is 0.333 e. The molecule has 6 heteroatoms. The maximum absolute atomic E-state index is 11.3. The van der Waals surface area contributed by atoms with E-state index in [-0.39, 0.29) is 0 Å². The molecule has 0 aliphatic rings. The number of aliphatic carboxylic acids is 1. The second kappa shape index (κ2) is 12.9. The van der Waals surface area contributed by atoms with Crippen molar-refractivity contribution >= 4 is 5.97 Å². The molecule has 0 fully saturated rings. The van der Waals surface area contributed by atoms with Crippen LogP contribution in [0.3, 0.4) is 0 Å². The number of carboxylic acid groups (broad SMARTS) is 1. The third kappa shape index (κ3) is 7.29. The minimum Gasteiger partial charge on any atom is -0.494 e. The fourth-order valence-electron chi connectivity index (χ4n) is 3.42. The van der Waals surface area contributed by atoms with E-state index in [1.165, 1.54) is 7.11 Å². The summed E-state index contributed by atoms with van der Waals surface area (Å²) in [5.41, 5.74) is 3.45. The fourth-order valence-corrected chi connectivity index (χ4v) is 3.42. The Balaban J connectivity index is 1.42. The Bertz CT molecular complexity index is 1120. The Kier molecular flexibility index (Phi) is 9.39. The fraction of sp³-hybridized carbons (Fsp3) is 0.250. The highest BCUT2D eigenvalue weighted by Crippen LogP contribution is 2.27. The summed E-state index contributed by atoms with van der Waals surface area (Å²) in [6.45, 7) is 0.536. The number of ether oxygens (including phenoxy) is 2. The zero-order valence-electron chi connectivity index (χ0n) is 19.0. The van der Waals surface area contributed by atoms with E-state index in [1.807, 2.05) is 78.9 Å². The third-order valence-electron chi connectivity index (χ3n) is 5.30. The largest absolute Gasteiger partial charge is 0.494 e. The molecule has 6 nitrogen and oxygen atoms in total. The van der Waals surface area contributed by atoms with Crippen molar-refractivity contribution in [2.24, 2.45) is 5.18 Å². The number of rotatable bonds is 11. The predicted molar refractivity (Wildman–Crippen MR) is 131 cm³/mol. The third-order valence-corrected chi connectivity index (χ3v) is 5.30. The zero-order valence-corrected chi connectivity index (χ0v) is 19.0. The van der Waals surface area contributed by atoms with Crippen LogP contribution in [0.15, 0.2) is 84.0 Å². The van der Waals surface area contributed by atoms with Crippen LogP contribution < -0.4 is 4.74 Å². The molecule has 174 valence electrons. The number of nitroso groups, excluding NO2 is 1. The van der Waals surface area contributed by atoms with Crippen LogP contribution in [0.5, 0.6) is 5.75 Å². The molecule has 0 heterocycles. The molecule has 0 aromatic heterocycles. The summed E-state index contributed by atoms with van der Waals surface area (Å²) in [5, 5.41) is 12.3. The lowest BCUT2D eigenvalue weighted by Gasteiger charge is -2.11. The number of hydrogen-bond acceptors (Lipinski definition) is 5. The van der Waals surface area contributed by atoms with E-state index in [0.717, 1.165) is 34.4 Å². The van der Waals surface area contributed by atoms with Gasteiger partial charge in [-0.3, -0.25) is 0 Å². The Morgan fingerprint density at radius 1 is 0.971 bits per heavy atom. The quantitative estimate of drug-likeness (QED) is 0.237. The molecule has 1 unspecified atom stereocenters. The summed E-state index contributed by atoms with van der Waals surface area (Å²) in [6, 6.07) is 23.9. The molecule has 0 saturated carbocycles. The lowest BCUT2D eigenvalue weighted by molar-refractivity contribution is -0.148. The molecular formula is C28H27NO5. The molecule has 0 radical (unpaired) electrons. The summed E-state index contributed by atoms with van der Waals surface area (Å²) in [6.07, 6.45) is 0.940. The Hall–Kier alpha value is -3.95. The first kappa shape index (κ1) is 24.7. The topological polar surface area (TPSA) is 85.2 Å². The van der Waals surface area contributed by atoms with Crippen molar-refractivity contribution < 1.29 is 19.4 Å². The van der Waals surface area contributed by atoms with Crippen LogP contribution in [0.1, 0.15) is 41.1 Å². The monoisotopic (exact) mass is 457 g/mol. The number of hydrogen-bond donors (Lipinski definition) is 1. The lowest BCUT2D eigenvalue weighted by atomic mass is 10.00. The van der Waals surface area contributed by atoms with Crippen LogP contribution in [0.4, 0.5) is 0 Å². The van der Waals surface area contributed by atoms with Gasteiger partial charge in [-0.25, -0.2) is 4.79 Å². The first-order valence-electron chi connectivity index (χ1n) is 11.0. The van der Waals surface area contributed by atoms with E-state index < -0.39 is 18.1 Å². The lowest BCUT2D eigenvalue weighted by Crippen LogP contribution is -2.24. The van der Waals surface area contributed by atoms with Crippen molar-refractivity contribution in [1.82, 2.24) is 0 Å². The zero-order chi connectivity index (χ0) is 24.2. The number of nitrogens with zero attached hydrogens (tertiary/aromatic N) is 1. The van der Waals surface area contributed by atoms with Gasteiger partial charge in [0.2, 0.25) is 0 Å². The average molecular weight is 458 g/mol. The van der Waals surface area contributed by atoms with Gasteiger partial charge in [0.15, 0.2) is 6.10 Å². The van der Waals surface area contributed by atoms with Crippen molar-refractivity contribution in [2.75, 3.05) is 13.7 Å². The number of methoxy groups -OCH3 is 1. The number of carbonyl (C=O) groups is 1. The molecule has 0 aliphatic carbocycles. The summed E-state index contributed by atoms with van der Waals surface area (Å²) in [4.78, 5) is 22.4. The van der Waals surface area contributed by atoms with E-state index in [2.05, 4.69) is 17.0 Å². The van der Waals surface area contributed by atoms with Crippen LogP contribution >= 0.6 is 0 Å². The highest BCUT2D eigenvalue weighted by atomic mass is 16.5. The predicted octanol–water partition coefficient (Wildman–Crippen LogP) is 5.40. The molecule has 2 atom stereocenters. The Labute approximate surface area is 199 Å². The van der Waals surface area contributed by atoms with Crippen LogP contribution in [0.25, 0.3) is 0 Å². The molecule has 3 aromatic rings. The molecule has 0 aliphatic heterocycles. The van der Waals surface area contributed by atoms with Crippen molar-refractivity contribution in [3.63, 3.8) is 0 Å². The van der Waals surface area contributed by atoms with Gasteiger partial charge >= 0.3 is 5.97 Å². The van der Waals surface area contributed by atoms with Gasteiger partial charge in [0.05, 0.1) is 6.61 Å². The minimum absolute atomic E-state index is 0.316. The van der Waals surface area contributed by atoms with E-state index >= 15 is 0 Å². The van der Waals surface area contributed by atoms with Gasteiger partial charge in [-0.15, -0.1) is 4.91 Å². The van der Waals surface area contributed by atoms with Gasteiger partial charge < -0.3 is 14.6 Å². The molecule has 34 heavy (non-hydrogen) atoms. The number of carboxylic acids is 1. The summed E-state index contributed by atoms with van der Waals surface area (Å²) < 4.78 is 10.7. The van der Waals surface area contributed by atoms with E-state index in [1.54, 1.807) is 0 Å². The van der Waals surface area contributed by atoms with Crippen molar-refractivity contribution in [1.29, 1.82) is 0 Å². The summed E-state index contributed by atoms with van der Waals surface area (Å²) >= 11 is 0. The first-order chi connectivity index (χ1) is 16.6. The van der Waals surface area contributed by atoms with Gasteiger partial charge in [0, 0.05) is 25.5 Å².